The van der Waals surface area contributed by atoms with E-state index >= 15 is 0 Å². The van der Waals surface area contributed by atoms with Crippen LogP contribution in [0.25, 0.3) is 10.9 Å². The summed E-state index contributed by atoms with van der Waals surface area (Å²) in [7, 11) is 1.49. The molecule has 0 N–H and O–H groups in total. The van der Waals surface area contributed by atoms with E-state index in [1.54, 1.807) is 4.57 Å². The van der Waals surface area contributed by atoms with E-state index in [0.29, 0.717) is 12.1 Å². The Labute approximate surface area is 162 Å². The molecule has 0 atom stereocenters. The summed E-state index contributed by atoms with van der Waals surface area (Å²) in [6.45, 7) is 3.82. The van der Waals surface area contributed by atoms with Gasteiger partial charge in [0.15, 0.2) is 0 Å². The number of fused-ring (bicyclic) bond motifs is 1. The van der Waals surface area contributed by atoms with Gasteiger partial charge in [0, 0.05) is 25.8 Å². The fourth-order valence-electron chi connectivity index (χ4n) is 3.76. The summed E-state index contributed by atoms with van der Waals surface area (Å²) >= 11 is 0. The van der Waals surface area contributed by atoms with Crippen molar-refractivity contribution < 1.29 is 9.66 Å². The summed E-state index contributed by atoms with van der Waals surface area (Å²) in [4.78, 5) is 38.7. The molecule has 2 aromatic rings. The highest BCUT2D eigenvalue weighted by molar-refractivity contribution is 5.80. The van der Waals surface area contributed by atoms with Gasteiger partial charge in [-0.3, -0.25) is 24.0 Å². The van der Waals surface area contributed by atoms with Gasteiger partial charge in [0.1, 0.15) is 0 Å². The quantitative estimate of drug-likeness (QED) is 0.501. The number of rotatable bonds is 8. The first-order valence-corrected chi connectivity index (χ1v) is 9.66. The Morgan fingerprint density at radius 3 is 2.50 bits per heavy atom. The van der Waals surface area contributed by atoms with E-state index in [0.717, 1.165) is 30.6 Å². The summed E-state index contributed by atoms with van der Waals surface area (Å²) in [5.74, 6) is 0. The maximum Gasteiger partial charge on any atom is 0.331 e. The Morgan fingerprint density at radius 2 is 1.82 bits per heavy atom. The van der Waals surface area contributed by atoms with Gasteiger partial charge in [-0.2, -0.15) is 0 Å². The highest BCUT2D eigenvalue weighted by Gasteiger charge is 2.17. The number of ether oxygens (including phenoxy) is 1. The highest BCUT2D eigenvalue weighted by Crippen LogP contribution is 2.18. The van der Waals surface area contributed by atoms with Crippen LogP contribution < -0.4 is 11.2 Å². The molecule has 1 aromatic heterocycles. The molecule has 0 radical (unpaired) electrons. The van der Waals surface area contributed by atoms with Crippen molar-refractivity contribution in [3.8, 4) is 0 Å². The van der Waals surface area contributed by atoms with Gasteiger partial charge in [0.25, 0.3) is 11.2 Å². The van der Waals surface area contributed by atoms with Gasteiger partial charge in [-0.15, -0.1) is 0 Å². The minimum absolute atomic E-state index is 0.110. The van der Waals surface area contributed by atoms with Crippen LogP contribution >= 0.6 is 0 Å². The monoisotopic (exact) mass is 390 g/mol. The van der Waals surface area contributed by atoms with Crippen molar-refractivity contribution in [2.24, 2.45) is 0 Å². The number of hydrogen-bond acceptors (Lipinski definition) is 6. The number of likely N-dealkylation sites (tertiary alicyclic amines) is 1. The van der Waals surface area contributed by atoms with Crippen LogP contribution in [0.2, 0.25) is 0 Å². The first kappa shape index (κ1) is 20.2. The molecule has 9 nitrogen and oxygen atoms in total. The molecule has 1 aliphatic rings. The third-order valence-corrected chi connectivity index (χ3v) is 5.24. The number of hydrogen-bond donors (Lipinski definition) is 0. The normalized spacial score (nSPS) is 15.2. The molecular formula is C19H26N4O5. The number of benzene rings is 1. The molecule has 1 saturated heterocycles. The summed E-state index contributed by atoms with van der Waals surface area (Å²) < 4.78 is 7.67. The second kappa shape index (κ2) is 9.11. The fourth-order valence-corrected chi connectivity index (χ4v) is 3.76. The van der Waals surface area contributed by atoms with Crippen LogP contribution in [0.15, 0.2) is 27.8 Å². The van der Waals surface area contributed by atoms with Crippen LogP contribution in [-0.2, 0) is 17.8 Å². The number of nitrogens with zero attached hydrogens (tertiary/aromatic N) is 4. The molecule has 0 aliphatic carbocycles. The summed E-state index contributed by atoms with van der Waals surface area (Å²) in [5, 5.41) is 11.3. The molecule has 9 heteroatoms. The largest absolute Gasteiger partial charge is 0.383 e. The van der Waals surface area contributed by atoms with Crippen LogP contribution in [-0.4, -0.2) is 52.3 Å². The molecule has 0 unspecified atom stereocenters. The van der Waals surface area contributed by atoms with E-state index in [-0.39, 0.29) is 24.2 Å². The third kappa shape index (κ3) is 4.31. The maximum absolute atomic E-state index is 12.9. The zero-order valence-electron chi connectivity index (χ0n) is 16.1. The Balaban J connectivity index is 1.97. The molecule has 1 aliphatic heterocycles. The number of aromatic nitrogens is 2. The first-order chi connectivity index (χ1) is 13.5. The Bertz CT molecular complexity index is 959. The summed E-state index contributed by atoms with van der Waals surface area (Å²) in [6, 6.07) is 4.08. The van der Waals surface area contributed by atoms with Crippen molar-refractivity contribution in [3.05, 3.63) is 49.2 Å². The van der Waals surface area contributed by atoms with Crippen molar-refractivity contribution in [3.63, 3.8) is 0 Å². The standard InChI is InChI=1S/C19H26N4O5/c1-28-13-12-22-18(24)16-14-15(23(26)27)6-7-17(16)21(19(22)25)11-5-10-20-8-3-2-4-9-20/h6-7,14H,2-5,8-13H2,1H3. The second-order valence-corrected chi connectivity index (χ2v) is 7.10. The molecule has 152 valence electrons. The van der Waals surface area contributed by atoms with Crippen molar-refractivity contribution in [2.75, 3.05) is 33.4 Å². The maximum atomic E-state index is 12.9. The van der Waals surface area contributed by atoms with Crippen LogP contribution in [0.4, 0.5) is 5.69 Å². The molecule has 1 aromatic carbocycles. The van der Waals surface area contributed by atoms with Crippen LogP contribution in [0.1, 0.15) is 25.7 Å². The van der Waals surface area contributed by atoms with Gasteiger partial charge in [0.05, 0.1) is 29.0 Å². The number of aryl methyl sites for hydroxylation is 1. The van der Waals surface area contributed by atoms with E-state index in [2.05, 4.69) is 4.90 Å². The number of nitro groups is 1. The predicted octanol–water partition coefficient (Wildman–Crippen LogP) is 1.59. The number of methoxy groups -OCH3 is 1. The number of non-ortho nitro benzene ring substituents is 1. The smallest absolute Gasteiger partial charge is 0.331 e. The molecule has 0 amide bonds. The molecule has 0 saturated carbocycles. The zero-order valence-corrected chi connectivity index (χ0v) is 16.1. The van der Waals surface area contributed by atoms with Crippen molar-refractivity contribution in [1.82, 2.24) is 14.0 Å². The average molecular weight is 390 g/mol. The Morgan fingerprint density at radius 1 is 1.07 bits per heavy atom. The van der Waals surface area contributed by atoms with E-state index in [4.69, 9.17) is 4.74 Å². The summed E-state index contributed by atoms with van der Waals surface area (Å²) in [6.07, 6.45) is 4.45. The molecule has 2 heterocycles. The van der Waals surface area contributed by atoms with Crippen LogP contribution in [0.3, 0.4) is 0 Å². The second-order valence-electron chi connectivity index (χ2n) is 7.10. The van der Waals surface area contributed by atoms with E-state index in [1.165, 1.54) is 44.6 Å². The van der Waals surface area contributed by atoms with Crippen LogP contribution in [0.5, 0.6) is 0 Å². The Kier molecular flexibility index (Phi) is 6.58. The van der Waals surface area contributed by atoms with Crippen molar-refractivity contribution in [2.45, 2.75) is 38.8 Å². The van der Waals surface area contributed by atoms with Gasteiger partial charge in [0.2, 0.25) is 0 Å². The Hall–Kier alpha value is -2.52. The van der Waals surface area contributed by atoms with Gasteiger partial charge in [-0.25, -0.2) is 4.79 Å². The first-order valence-electron chi connectivity index (χ1n) is 9.66. The molecular weight excluding hydrogens is 364 g/mol. The SMILES string of the molecule is COCCn1c(=O)c2cc([N+](=O)[O-])ccc2n(CCCN2CCCCC2)c1=O. The van der Waals surface area contributed by atoms with E-state index < -0.39 is 16.2 Å². The lowest BCUT2D eigenvalue weighted by molar-refractivity contribution is -0.384. The molecule has 0 bridgehead atoms. The summed E-state index contributed by atoms with van der Waals surface area (Å²) in [5.41, 5.74) is -0.649. The molecule has 1 fully saturated rings. The highest BCUT2D eigenvalue weighted by atomic mass is 16.6. The molecule has 28 heavy (non-hydrogen) atoms. The minimum atomic E-state index is -0.538. The van der Waals surface area contributed by atoms with Gasteiger partial charge >= 0.3 is 5.69 Å². The third-order valence-electron chi connectivity index (χ3n) is 5.24. The van der Waals surface area contributed by atoms with Gasteiger partial charge < -0.3 is 9.64 Å². The number of piperidine rings is 1. The molecule has 3 rings (SSSR count). The molecule has 0 spiro atoms. The van der Waals surface area contributed by atoms with E-state index in [1.807, 2.05) is 0 Å². The van der Waals surface area contributed by atoms with Crippen molar-refractivity contribution in [1.29, 1.82) is 0 Å². The van der Waals surface area contributed by atoms with E-state index in [9.17, 15) is 19.7 Å². The van der Waals surface area contributed by atoms with Gasteiger partial charge in [-0.05, 0) is 45.0 Å². The zero-order chi connectivity index (χ0) is 20.1. The topological polar surface area (TPSA) is 99.6 Å². The fraction of sp³-hybridized carbons (Fsp3) is 0.579. The van der Waals surface area contributed by atoms with Gasteiger partial charge in [-0.1, -0.05) is 6.42 Å². The van der Waals surface area contributed by atoms with Crippen molar-refractivity contribution >= 4 is 16.6 Å². The minimum Gasteiger partial charge on any atom is -0.383 e. The lowest BCUT2D eigenvalue weighted by Crippen LogP contribution is -2.41. The van der Waals surface area contributed by atoms with Crippen LogP contribution in [0, 0.1) is 10.1 Å². The lowest BCUT2D eigenvalue weighted by atomic mass is 10.1. The average Bonchev–Trinajstić information content (AvgIpc) is 2.71. The lowest BCUT2D eigenvalue weighted by Gasteiger charge is -2.26. The predicted molar refractivity (Wildman–Crippen MR) is 106 cm³/mol. The number of nitro benzene ring substituents is 1.